The minimum atomic E-state index is -0.481. The number of non-ortho nitro benzene ring substituents is 1. The van der Waals surface area contributed by atoms with Crippen LogP contribution in [0.5, 0.6) is 0 Å². The highest BCUT2D eigenvalue weighted by molar-refractivity contribution is 6.11. The Bertz CT molecular complexity index is 807. The van der Waals surface area contributed by atoms with Crippen molar-refractivity contribution in [2.24, 2.45) is 5.11 Å². The van der Waals surface area contributed by atoms with E-state index >= 15 is 0 Å². The van der Waals surface area contributed by atoms with Crippen molar-refractivity contribution in [2.45, 2.75) is 6.42 Å². The first-order valence-electron chi connectivity index (χ1n) is 7.17. The summed E-state index contributed by atoms with van der Waals surface area (Å²) in [6, 6.07) is 14.7. The van der Waals surface area contributed by atoms with E-state index in [1.165, 1.54) is 12.1 Å². The van der Waals surface area contributed by atoms with Crippen LogP contribution >= 0.6 is 0 Å². The average Bonchev–Trinajstić information content (AvgIpc) is 2.61. The minimum absolute atomic E-state index is 0.0165. The van der Waals surface area contributed by atoms with Gasteiger partial charge in [0.1, 0.15) is 0 Å². The molecule has 0 aliphatic heterocycles. The first-order chi connectivity index (χ1) is 11.6. The molecule has 2 rings (SSSR count). The largest absolute Gasteiger partial charge is 0.289 e. The Hall–Kier alpha value is -3.44. The van der Waals surface area contributed by atoms with E-state index in [0.29, 0.717) is 16.7 Å². The van der Waals surface area contributed by atoms with Crippen molar-refractivity contribution < 1.29 is 9.72 Å². The number of Topliss-reactive ketones (excluding diaryl/α,β-unsaturated/α-hetero) is 1. The van der Waals surface area contributed by atoms with Crippen LogP contribution < -0.4 is 0 Å². The Morgan fingerprint density at radius 1 is 1.17 bits per heavy atom. The third kappa shape index (κ3) is 4.53. The van der Waals surface area contributed by atoms with Crippen LogP contribution in [-0.2, 0) is 0 Å². The molecule has 0 aliphatic carbocycles. The summed E-state index contributed by atoms with van der Waals surface area (Å²) < 4.78 is 0. The van der Waals surface area contributed by atoms with Gasteiger partial charge in [0.25, 0.3) is 5.69 Å². The van der Waals surface area contributed by atoms with Crippen LogP contribution in [0.4, 0.5) is 5.69 Å². The second kappa shape index (κ2) is 8.26. The molecule has 2 aromatic carbocycles. The van der Waals surface area contributed by atoms with Gasteiger partial charge in [0.2, 0.25) is 0 Å². The van der Waals surface area contributed by atoms with Crippen LogP contribution in [-0.4, -0.2) is 17.3 Å². The maximum atomic E-state index is 12.6. The molecule has 0 amide bonds. The number of benzene rings is 2. The number of nitrogens with zero attached hydrogens (tertiary/aromatic N) is 4. The maximum Gasteiger partial charge on any atom is 0.269 e. The number of ketones is 1. The Kier molecular flexibility index (Phi) is 5.82. The van der Waals surface area contributed by atoms with Gasteiger partial charge in [-0.05, 0) is 35.7 Å². The summed E-state index contributed by atoms with van der Waals surface area (Å²) in [7, 11) is 0. The quantitative estimate of drug-likeness (QED) is 0.142. The summed E-state index contributed by atoms with van der Waals surface area (Å²) in [5.41, 5.74) is 10.1. The molecule has 0 aliphatic rings. The predicted molar refractivity (Wildman–Crippen MR) is 90.5 cm³/mol. The highest BCUT2D eigenvalue weighted by Crippen LogP contribution is 2.18. The van der Waals surface area contributed by atoms with Gasteiger partial charge in [-0.25, -0.2) is 0 Å². The smallest absolute Gasteiger partial charge is 0.269 e. The van der Waals surface area contributed by atoms with Crippen LogP contribution in [0, 0.1) is 10.1 Å². The van der Waals surface area contributed by atoms with E-state index in [4.69, 9.17) is 5.53 Å². The molecule has 0 N–H and O–H groups in total. The van der Waals surface area contributed by atoms with E-state index in [1.54, 1.807) is 42.5 Å². The summed E-state index contributed by atoms with van der Waals surface area (Å²) >= 11 is 0. The first-order valence-corrected chi connectivity index (χ1v) is 7.17. The zero-order valence-corrected chi connectivity index (χ0v) is 12.7. The second-order valence-corrected chi connectivity index (χ2v) is 4.92. The van der Waals surface area contributed by atoms with E-state index in [-0.39, 0.29) is 24.4 Å². The van der Waals surface area contributed by atoms with Crippen LogP contribution in [0.25, 0.3) is 16.5 Å². The standard InChI is InChI=1S/C17H14N4O3/c18-20-19-11-10-15(17(22)14-4-2-1-3-5-14)12-13-6-8-16(9-7-13)21(23)24/h1-9,12H,10-11H2/b15-12-. The highest BCUT2D eigenvalue weighted by atomic mass is 16.6. The summed E-state index contributed by atoms with van der Waals surface area (Å²) in [5, 5.41) is 14.2. The molecule has 7 nitrogen and oxygen atoms in total. The fourth-order valence-electron chi connectivity index (χ4n) is 2.13. The van der Waals surface area contributed by atoms with Crippen molar-refractivity contribution in [1.82, 2.24) is 0 Å². The number of hydrogen-bond acceptors (Lipinski definition) is 4. The summed E-state index contributed by atoms with van der Waals surface area (Å²) in [4.78, 5) is 25.5. The van der Waals surface area contributed by atoms with Crippen molar-refractivity contribution in [2.75, 3.05) is 6.54 Å². The lowest BCUT2D eigenvalue weighted by Gasteiger charge is -2.06. The fraction of sp³-hybridized carbons (Fsp3) is 0.118. The molecule has 0 heterocycles. The normalized spacial score (nSPS) is 10.8. The molecular weight excluding hydrogens is 308 g/mol. The number of rotatable bonds is 7. The molecule has 120 valence electrons. The fourth-order valence-corrected chi connectivity index (χ4v) is 2.13. The zero-order valence-electron chi connectivity index (χ0n) is 12.7. The Morgan fingerprint density at radius 3 is 2.42 bits per heavy atom. The highest BCUT2D eigenvalue weighted by Gasteiger charge is 2.12. The number of azide groups is 1. The molecule has 0 bridgehead atoms. The second-order valence-electron chi connectivity index (χ2n) is 4.92. The van der Waals surface area contributed by atoms with E-state index in [0.717, 1.165) is 0 Å². The Balaban J connectivity index is 2.32. The average molecular weight is 322 g/mol. The van der Waals surface area contributed by atoms with Gasteiger partial charge in [0, 0.05) is 34.7 Å². The van der Waals surface area contributed by atoms with E-state index in [1.807, 2.05) is 6.07 Å². The van der Waals surface area contributed by atoms with Gasteiger partial charge in [0.05, 0.1) is 4.92 Å². The van der Waals surface area contributed by atoms with Crippen molar-refractivity contribution in [3.8, 4) is 0 Å². The Labute approximate surface area is 138 Å². The van der Waals surface area contributed by atoms with Crippen molar-refractivity contribution in [1.29, 1.82) is 0 Å². The summed E-state index contributed by atoms with van der Waals surface area (Å²) in [6.45, 7) is 0.161. The number of nitro groups is 1. The monoisotopic (exact) mass is 322 g/mol. The van der Waals surface area contributed by atoms with Gasteiger partial charge in [-0.1, -0.05) is 35.4 Å². The minimum Gasteiger partial charge on any atom is -0.289 e. The molecule has 0 atom stereocenters. The molecule has 2 aromatic rings. The topological polar surface area (TPSA) is 109 Å². The van der Waals surface area contributed by atoms with Gasteiger partial charge in [0.15, 0.2) is 5.78 Å². The summed E-state index contributed by atoms with van der Waals surface area (Å²) in [5.74, 6) is -0.165. The lowest BCUT2D eigenvalue weighted by molar-refractivity contribution is -0.384. The van der Waals surface area contributed by atoms with E-state index in [9.17, 15) is 14.9 Å². The lowest BCUT2D eigenvalue weighted by atomic mass is 9.98. The van der Waals surface area contributed by atoms with Crippen LogP contribution in [0.3, 0.4) is 0 Å². The number of carbonyl (C=O) groups is 1. The van der Waals surface area contributed by atoms with Crippen LogP contribution in [0.1, 0.15) is 22.3 Å². The molecule has 0 fully saturated rings. The molecular formula is C17H14N4O3. The van der Waals surface area contributed by atoms with Crippen molar-refractivity contribution in [3.05, 3.63) is 91.9 Å². The lowest BCUT2D eigenvalue weighted by Crippen LogP contribution is -2.04. The molecule has 0 radical (unpaired) electrons. The van der Waals surface area contributed by atoms with Gasteiger partial charge in [-0.15, -0.1) is 0 Å². The third-order valence-corrected chi connectivity index (χ3v) is 3.32. The molecule has 0 aromatic heterocycles. The van der Waals surface area contributed by atoms with Crippen LogP contribution in [0.15, 0.2) is 65.3 Å². The number of hydrogen-bond donors (Lipinski definition) is 0. The molecule has 0 saturated heterocycles. The zero-order chi connectivity index (χ0) is 17.4. The number of nitro benzene ring substituents is 1. The van der Waals surface area contributed by atoms with Gasteiger partial charge >= 0.3 is 0 Å². The first kappa shape index (κ1) is 16.9. The molecule has 24 heavy (non-hydrogen) atoms. The Morgan fingerprint density at radius 2 is 1.83 bits per heavy atom. The molecule has 7 heteroatoms. The van der Waals surface area contributed by atoms with Gasteiger partial charge in [-0.3, -0.25) is 14.9 Å². The molecule has 0 saturated carbocycles. The van der Waals surface area contributed by atoms with E-state index < -0.39 is 4.92 Å². The summed E-state index contributed by atoms with van der Waals surface area (Å²) in [6.07, 6.45) is 1.95. The third-order valence-electron chi connectivity index (χ3n) is 3.32. The maximum absolute atomic E-state index is 12.6. The number of carbonyl (C=O) groups excluding carboxylic acids is 1. The van der Waals surface area contributed by atoms with Gasteiger partial charge in [-0.2, -0.15) is 0 Å². The predicted octanol–water partition coefficient (Wildman–Crippen LogP) is 4.56. The SMILES string of the molecule is [N-]=[N+]=NCC/C(=C/c1ccc([N+](=O)[O-])cc1)C(=O)c1ccccc1. The van der Waals surface area contributed by atoms with Crippen LogP contribution in [0.2, 0.25) is 0 Å². The van der Waals surface area contributed by atoms with Crippen molar-refractivity contribution >= 4 is 17.5 Å². The van der Waals surface area contributed by atoms with Gasteiger partial charge < -0.3 is 0 Å². The van der Waals surface area contributed by atoms with Crippen molar-refractivity contribution in [3.63, 3.8) is 0 Å². The van der Waals surface area contributed by atoms with E-state index in [2.05, 4.69) is 10.0 Å². The molecule has 0 unspecified atom stereocenters. The molecule has 0 spiro atoms.